The van der Waals surface area contributed by atoms with Crippen molar-refractivity contribution >= 4 is 35.3 Å². The normalized spacial score (nSPS) is 25.2. The third-order valence-electron chi connectivity index (χ3n) is 6.07. The number of rotatable bonds is 3. The first-order valence-electron chi connectivity index (χ1n) is 10.2. The lowest BCUT2D eigenvalue weighted by Crippen LogP contribution is -2.43. The molecule has 4 rings (SSSR count). The fourth-order valence-corrected chi connectivity index (χ4v) is 4.97. The van der Waals surface area contributed by atoms with Crippen molar-refractivity contribution in [2.45, 2.75) is 44.0 Å². The Kier molecular flexibility index (Phi) is 5.76. The zero-order valence-electron chi connectivity index (χ0n) is 16.8. The molecule has 0 saturated heterocycles. The predicted octanol–water partition coefficient (Wildman–Crippen LogP) is 5.33. The van der Waals surface area contributed by atoms with Crippen LogP contribution in [0, 0.1) is 11.8 Å². The van der Waals surface area contributed by atoms with Gasteiger partial charge in [-0.15, -0.1) is 0 Å². The van der Waals surface area contributed by atoms with Gasteiger partial charge in [-0.3, -0.25) is 9.59 Å². The minimum atomic E-state index is -0.101. The van der Waals surface area contributed by atoms with Crippen LogP contribution in [-0.2, 0) is 4.79 Å². The fraction of sp³-hybridized carbons (Fsp3) is 0.333. The largest absolute Gasteiger partial charge is 0.349 e. The summed E-state index contributed by atoms with van der Waals surface area (Å²) >= 11 is 1.46. The molecule has 2 aromatic rings. The summed E-state index contributed by atoms with van der Waals surface area (Å²) in [6, 6.07) is 15.5. The maximum absolute atomic E-state index is 12.7. The molecule has 2 N–H and O–H groups in total. The summed E-state index contributed by atoms with van der Waals surface area (Å²) in [5.41, 5.74) is 2.40. The number of benzene rings is 2. The van der Waals surface area contributed by atoms with Gasteiger partial charge in [-0.1, -0.05) is 62.7 Å². The number of carbonyl (C=O) groups excluding carboxylic acids is 2. The Labute approximate surface area is 176 Å². The highest BCUT2D eigenvalue weighted by atomic mass is 32.2. The molecule has 3 atom stereocenters. The SMILES string of the molecule is C[C@H]1[C@H](C)CCC[C@H]1NC(=O)c1ccc(/C=C2/Sc3ccccc3NC2=O)cc1. The third kappa shape index (κ3) is 4.40. The molecule has 1 aliphatic heterocycles. The Morgan fingerprint density at radius 1 is 1.10 bits per heavy atom. The van der Waals surface area contributed by atoms with Crippen molar-refractivity contribution in [3.05, 3.63) is 64.6 Å². The van der Waals surface area contributed by atoms with Gasteiger partial charge in [0.1, 0.15) is 0 Å². The molecule has 2 aliphatic rings. The molecule has 0 radical (unpaired) electrons. The molecule has 0 spiro atoms. The summed E-state index contributed by atoms with van der Waals surface area (Å²) in [6.45, 7) is 4.50. The molecule has 29 heavy (non-hydrogen) atoms. The Balaban J connectivity index is 1.45. The van der Waals surface area contributed by atoms with E-state index < -0.39 is 0 Å². The lowest BCUT2D eigenvalue weighted by molar-refractivity contribution is -0.112. The fourth-order valence-electron chi connectivity index (χ4n) is 4.02. The van der Waals surface area contributed by atoms with Crippen LogP contribution in [0.1, 0.15) is 49.0 Å². The number of anilines is 1. The van der Waals surface area contributed by atoms with Crippen LogP contribution in [0.4, 0.5) is 5.69 Å². The van der Waals surface area contributed by atoms with Crippen LogP contribution in [0.15, 0.2) is 58.3 Å². The Morgan fingerprint density at radius 3 is 2.66 bits per heavy atom. The first-order valence-corrected chi connectivity index (χ1v) is 11.0. The number of hydrogen-bond acceptors (Lipinski definition) is 3. The van der Waals surface area contributed by atoms with Gasteiger partial charge >= 0.3 is 0 Å². The Morgan fingerprint density at radius 2 is 1.86 bits per heavy atom. The molecule has 0 aromatic heterocycles. The summed E-state index contributed by atoms with van der Waals surface area (Å²) in [5.74, 6) is 1.03. The number of hydrogen-bond donors (Lipinski definition) is 2. The van der Waals surface area contributed by atoms with Gasteiger partial charge in [-0.2, -0.15) is 0 Å². The van der Waals surface area contributed by atoms with Crippen LogP contribution in [0.5, 0.6) is 0 Å². The van der Waals surface area contributed by atoms with E-state index in [0.29, 0.717) is 22.3 Å². The second-order valence-electron chi connectivity index (χ2n) is 8.03. The first kappa shape index (κ1) is 19.8. The van der Waals surface area contributed by atoms with E-state index in [1.165, 1.54) is 24.6 Å². The van der Waals surface area contributed by atoms with Crippen molar-refractivity contribution in [3.8, 4) is 0 Å². The van der Waals surface area contributed by atoms with Crippen molar-refractivity contribution < 1.29 is 9.59 Å². The number of carbonyl (C=O) groups is 2. The average Bonchev–Trinajstić information content (AvgIpc) is 2.72. The van der Waals surface area contributed by atoms with Gasteiger partial charge in [-0.25, -0.2) is 0 Å². The van der Waals surface area contributed by atoms with E-state index in [4.69, 9.17) is 0 Å². The lowest BCUT2D eigenvalue weighted by atomic mass is 9.78. The average molecular weight is 407 g/mol. The molecule has 150 valence electrons. The predicted molar refractivity (Wildman–Crippen MR) is 119 cm³/mol. The molecule has 5 heteroatoms. The van der Waals surface area contributed by atoms with Crippen LogP contribution >= 0.6 is 11.8 Å². The Bertz CT molecular complexity index is 952. The first-order chi connectivity index (χ1) is 14.0. The number of fused-ring (bicyclic) bond motifs is 1. The number of para-hydroxylation sites is 1. The van der Waals surface area contributed by atoms with Crippen molar-refractivity contribution in [2.75, 3.05) is 5.32 Å². The highest BCUT2D eigenvalue weighted by Gasteiger charge is 2.28. The van der Waals surface area contributed by atoms with Crippen molar-refractivity contribution in [1.29, 1.82) is 0 Å². The second-order valence-corrected chi connectivity index (χ2v) is 9.11. The van der Waals surface area contributed by atoms with E-state index in [1.54, 1.807) is 0 Å². The van der Waals surface area contributed by atoms with Crippen LogP contribution in [0.2, 0.25) is 0 Å². The van der Waals surface area contributed by atoms with Crippen LogP contribution in [0.25, 0.3) is 6.08 Å². The molecule has 1 saturated carbocycles. The third-order valence-corrected chi connectivity index (χ3v) is 7.17. The Hall–Kier alpha value is -2.53. The summed E-state index contributed by atoms with van der Waals surface area (Å²) in [7, 11) is 0. The highest BCUT2D eigenvalue weighted by Crippen LogP contribution is 2.38. The van der Waals surface area contributed by atoms with Gasteiger partial charge < -0.3 is 10.6 Å². The van der Waals surface area contributed by atoms with Crippen LogP contribution in [-0.4, -0.2) is 17.9 Å². The molecule has 1 fully saturated rings. The molecular weight excluding hydrogens is 380 g/mol. The van der Waals surface area contributed by atoms with E-state index in [1.807, 2.05) is 54.6 Å². The monoisotopic (exact) mass is 406 g/mol. The van der Waals surface area contributed by atoms with Crippen molar-refractivity contribution in [3.63, 3.8) is 0 Å². The van der Waals surface area contributed by atoms with E-state index in [-0.39, 0.29) is 17.9 Å². The minimum absolute atomic E-state index is 0.0196. The maximum atomic E-state index is 12.7. The summed E-state index contributed by atoms with van der Waals surface area (Å²) in [5, 5.41) is 6.13. The molecule has 2 aromatic carbocycles. The standard InChI is InChI=1S/C24H26N2O2S/c1-15-6-5-8-19(16(15)2)25-23(27)18-12-10-17(11-13-18)14-22-24(28)26-20-7-3-4-9-21(20)29-22/h3-4,7,9-16,19H,5-6,8H2,1-2H3,(H,25,27)(H,26,28)/b22-14+/t15-,16+,19-/m1/s1. The molecule has 2 amide bonds. The van der Waals surface area contributed by atoms with Crippen LogP contribution in [0.3, 0.4) is 0 Å². The zero-order chi connectivity index (χ0) is 20.4. The van der Waals surface area contributed by atoms with E-state index in [0.717, 1.165) is 22.6 Å². The molecular formula is C24H26N2O2S. The number of amides is 2. The molecule has 4 nitrogen and oxygen atoms in total. The molecule has 1 heterocycles. The van der Waals surface area contributed by atoms with Gasteiger partial charge in [0.05, 0.1) is 10.6 Å². The minimum Gasteiger partial charge on any atom is -0.349 e. The quantitative estimate of drug-likeness (QED) is 0.678. The van der Waals surface area contributed by atoms with Crippen molar-refractivity contribution in [2.24, 2.45) is 11.8 Å². The summed E-state index contributed by atoms with van der Waals surface area (Å²) in [6.07, 6.45) is 5.33. The summed E-state index contributed by atoms with van der Waals surface area (Å²) < 4.78 is 0. The topological polar surface area (TPSA) is 58.2 Å². The smallest absolute Gasteiger partial charge is 0.262 e. The van der Waals surface area contributed by atoms with Crippen LogP contribution < -0.4 is 10.6 Å². The molecule has 0 unspecified atom stereocenters. The highest BCUT2D eigenvalue weighted by molar-refractivity contribution is 8.04. The number of nitrogens with one attached hydrogen (secondary N) is 2. The molecule has 0 bridgehead atoms. The van der Waals surface area contributed by atoms with E-state index in [9.17, 15) is 9.59 Å². The van der Waals surface area contributed by atoms with E-state index in [2.05, 4.69) is 24.5 Å². The maximum Gasteiger partial charge on any atom is 0.262 e. The van der Waals surface area contributed by atoms with Gasteiger partial charge in [0, 0.05) is 16.5 Å². The lowest BCUT2D eigenvalue weighted by Gasteiger charge is -2.34. The van der Waals surface area contributed by atoms with Gasteiger partial charge in [0.15, 0.2) is 0 Å². The van der Waals surface area contributed by atoms with Crippen molar-refractivity contribution in [1.82, 2.24) is 5.32 Å². The van der Waals surface area contributed by atoms with Gasteiger partial charge in [0.25, 0.3) is 11.8 Å². The number of thioether (sulfide) groups is 1. The second kappa shape index (κ2) is 8.46. The summed E-state index contributed by atoms with van der Waals surface area (Å²) in [4.78, 5) is 26.7. The van der Waals surface area contributed by atoms with E-state index >= 15 is 0 Å². The van der Waals surface area contributed by atoms with Gasteiger partial charge in [0.2, 0.25) is 0 Å². The zero-order valence-corrected chi connectivity index (χ0v) is 17.6. The molecule has 1 aliphatic carbocycles. The van der Waals surface area contributed by atoms with Gasteiger partial charge in [-0.05, 0) is 54.2 Å².